The minimum atomic E-state index is -0.424. The van der Waals surface area contributed by atoms with Crippen molar-refractivity contribution in [3.63, 3.8) is 0 Å². The van der Waals surface area contributed by atoms with Gasteiger partial charge < -0.3 is 15.9 Å². The molecule has 0 atom stereocenters. The first-order valence-electron chi connectivity index (χ1n) is 4.09. The number of anilines is 1. The second-order valence-corrected chi connectivity index (χ2v) is 2.92. The highest BCUT2D eigenvalue weighted by Crippen LogP contribution is 2.15. The van der Waals surface area contributed by atoms with Crippen LogP contribution in [0.3, 0.4) is 0 Å². The van der Waals surface area contributed by atoms with E-state index in [9.17, 15) is 4.79 Å². The van der Waals surface area contributed by atoms with Gasteiger partial charge in [0.25, 0.3) is 0 Å². The zero-order chi connectivity index (χ0) is 10.7. The maximum atomic E-state index is 11.2. The number of nitrogens with two attached hydrogens (primary N) is 1. The Morgan fingerprint density at radius 3 is 2.71 bits per heavy atom. The van der Waals surface area contributed by atoms with E-state index in [2.05, 4.69) is 4.74 Å². The number of benzene rings is 1. The van der Waals surface area contributed by atoms with Gasteiger partial charge in [-0.1, -0.05) is 0 Å². The van der Waals surface area contributed by atoms with Gasteiger partial charge >= 0.3 is 5.97 Å². The van der Waals surface area contributed by atoms with Gasteiger partial charge in [-0.05, 0) is 25.1 Å². The molecule has 0 spiro atoms. The molecule has 4 heteroatoms. The first kappa shape index (κ1) is 10.2. The average Bonchev–Trinajstić information content (AvgIpc) is 2.17. The Hall–Kier alpha value is -1.84. The van der Waals surface area contributed by atoms with Crippen molar-refractivity contribution >= 4 is 17.4 Å². The fourth-order valence-corrected chi connectivity index (χ4v) is 1.13. The third kappa shape index (κ3) is 1.90. The summed E-state index contributed by atoms with van der Waals surface area (Å²) < 4.78 is 4.56. The van der Waals surface area contributed by atoms with E-state index < -0.39 is 5.97 Å². The fraction of sp³-hybridized carbons (Fsp3) is 0.200. The van der Waals surface area contributed by atoms with Crippen molar-refractivity contribution in [2.45, 2.75) is 6.92 Å². The van der Waals surface area contributed by atoms with E-state index in [1.54, 1.807) is 25.1 Å². The van der Waals surface area contributed by atoms with E-state index in [1.807, 2.05) is 0 Å². The molecule has 0 unspecified atom stereocenters. The summed E-state index contributed by atoms with van der Waals surface area (Å²) in [5, 5.41) is 7.44. The molecule has 1 aromatic rings. The van der Waals surface area contributed by atoms with Gasteiger partial charge in [0, 0.05) is 18.4 Å². The summed E-state index contributed by atoms with van der Waals surface area (Å²) in [5.41, 5.74) is 7.43. The number of hydrogen-bond donors (Lipinski definition) is 2. The first-order valence-corrected chi connectivity index (χ1v) is 4.09. The molecular formula is C10H14N2O2. The molecule has 0 aliphatic carbocycles. The number of carbonyl (C=O) groups excluding carboxylic acids is 1. The summed E-state index contributed by atoms with van der Waals surface area (Å²) in [6.45, 7) is 1.62. The number of nitrogen functional groups attached to an aromatic ring is 1. The number of esters is 1. The molecule has 0 aliphatic heterocycles. The molecule has 0 fully saturated rings. The summed E-state index contributed by atoms with van der Waals surface area (Å²) in [7, 11) is 1.32. The molecule has 0 saturated carbocycles. The molecule has 1 rings (SSSR count). The van der Waals surface area contributed by atoms with Crippen LogP contribution in [0.4, 0.5) is 5.69 Å². The van der Waals surface area contributed by atoms with Gasteiger partial charge in [0.1, 0.15) is 0 Å². The van der Waals surface area contributed by atoms with Gasteiger partial charge in [0.2, 0.25) is 0 Å². The number of ether oxygens (including phenoxy) is 1. The molecular weight excluding hydrogens is 180 g/mol. The second kappa shape index (κ2) is 3.91. The SMILES string of the molecule is COC(=O)c1ccc(N)c(C(C)=N)c1.[HH]. The number of nitrogens with one attached hydrogen (secondary N) is 1. The van der Waals surface area contributed by atoms with E-state index in [-0.39, 0.29) is 1.43 Å². The van der Waals surface area contributed by atoms with Crippen LogP contribution in [0.2, 0.25) is 0 Å². The highest BCUT2D eigenvalue weighted by atomic mass is 16.5. The van der Waals surface area contributed by atoms with E-state index in [4.69, 9.17) is 11.1 Å². The van der Waals surface area contributed by atoms with Crippen molar-refractivity contribution in [3.05, 3.63) is 29.3 Å². The van der Waals surface area contributed by atoms with Crippen molar-refractivity contribution in [3.8, 4) is 0 Å². The maximum absolute atomic E-state index is 11.2. The van der Waals surface area contributed by atoms with Gasteiger partial charge in [-0.3, -0.25) is 0 Å². The highest BCUT2D eigenvalue weighted by molar-refractivity contribution is 6.03. The summed E-state index contributed by atoms with van der Waals surface area (Å²) in [4.78, 5) is 11.2. The molecule has 14 heavy (non-hydrogen) atoms. The van der Waals surface area contributed by atoms with Gasteiger partial charge in [-0.25, -0.2) is 4.79 Å². The van der Waals surface area contributed by atoms with Crippen LogP contribution in [0.1, 0.15) is 24.3 Å². The summed E-state index contributed by atoms with van der Waals surface area (Å²) in [6, 6.07) is 4.73. The fourth-order valence-electron chi connectivity index (χ4n) is 1.13. The van der Waals surface area contributed by atoms with E-state index >= 15 is 0 Å². The minimum absolute atomic E-state index is 0. The molecule has 0 aromatic heterocycles. The van der Waals surface area contributed by atoms with E-state index in [1.165, 1.54) is 7.11 Å². The van der Waals surface area contributed by atoms with Crippen molar-refractivity contribution in [2.24, 2.45) is 0 Å². The molecule has 0 aliphatic rings. The molecule has 0 radical (unpaired) electrons. The van der Waals surface area contributed by atoms with Crippen LogP contribution in [-0.2, 0) is 4.74 Å². The lowest BCUT2D eigenvalue weighted by Gasteiger charge is -2.05. The Morgan fingerprint density at radius 1 is 1.57 bits per heavy atom. The third-order valence-electron chi connectivity index (χ3n) is 1.88. The highest BCUT2D eigenvalue weighted by Gasteiger charge is 2.09. The standard InChI is InChI=1S/C10H12N2O2.H2/c1-6(11)8-5-7(10(13)14-2)3-4-9(8)12;/h3-5,11H,12H2,1-2H3;1H. The number of rotatable bonds is 2. The summed E-state index contributed by atoms with van der Waals surface area (Å²) in [6.07, 6.45) is 0. The number of hydrogen-bond acceptors (Lipinski definition) is 4. The van der Waals surface area contributed by atoms with Gasteiger partial charge in [-0.15, -0.1) is 0 Å². The lowest BCUT2D eigenvalue weighted by atomic mass is 10.1. The summed E-state index contributed by atoms with van der Waals surface area (Å²) in [5.74, 6) is -0.424. The second-order valence-electron chi connectivity index (χ2n) is 2.92. The Morgan fingerprint density at radius 2 is 2.21 bits per heavy atom. The van der Waals surface area contributed by atoms with E-state index in [0.717, 1.165) is 0 Å². The zero-order valence-electron chi connectivity index (χ0n) is 8.13. The monoisotopic (exact) mass is 194 g/mol. The first-order chi connectivity index (χ1) is 6.56. The Kier molecular flexibility index (Phi) is 2.86. The van der Waals surface area contributed by atoms with Crippen LogP contribution in [0.15, 0.2) is 18.2 Å². The van der Waals surface area contributed by atoms with Gasteiger partial charge in [0.05, 0.1) is 12.7 Å². The lowest BCUT2D eigenvalue weighted by molar-refractivity contribution is 0.0601. The van der Waals surface area contributed by atoms with Gasteiger partial charge in [0.15, 0.2) is 0 Å². The number of methoxy groups -OCH3 is 1. The van der Waals surface area contributed by atoms with Crippen LogP contribution in [0.5, 0.6) is 0 Å². The van der Waals surface area contributed by atoms with E-state index in [0.29, 0.717) is 22.5 Å². The van der Waals surface area contributed by atoms with Crippen LogP contribution >= 0.6 is 0 Å². The molecule has 3 N–H and O–H groups in total. The molecule has 0 heterocycles. The predicted molar refractivity (Wildman–Crippen MR) is 56.8 cm³/mol. The predicted octanol–water partition coefficient (Wildman–Crippen LogP) is 1.69. The molecule has 0 bridgehead atoms. The molecule has 0 amide bonds. The normalized spacial score (nSPS) is 9.57. The molecule has 0 saturated heterocycles. The molecule has 1 aromatic carbocycles. The number of carbonyl (C=O) groups is 1. The quantitative estimate of drug-likeness (QED) is 0.427. The lowest BCUT2D eigenvalue weighted by Crippen LogP contribution is -2.06. The molecule has 76 valence electrons. The Bertz CT molecular complexity index is 391. The Labute approximate surface area is 83.7 Å². The zero-order valence-corrected chi connectivity index (χ0v) is 8.13. The van der Waals surface area contributed by atoms with Crippen molar-refractivity contribution in [1.29, 1.82) is 5.41 Å². The molecule has 4 nitrogen and oxygen atoms in total. The van der Waals surface area contributed by atoms with Crippen molar-refractivity contribution in [1.82, 2.24) is 0 Å². The van der Waals surface area contributed by atoms with Crippen LogP contribution in [-0.4, -0.2) is 18.8 Å². The van der Waals surface area contributed by atoms with Crippen molar-refractivity contribution in [2.75, 3.05) is 12.8 Å². The van der Waals surface area contributed by atoms with Crippen LogP contribution in [0.25, 0.3) is 0 Å². The minimum Gasteiger partial charge on any atom is -0.465 e. The Balaban J connectivity index is 0.00000196. The van der Waals surface area contributed by atoms with Crippen LogP contribution < -0.4 is 5.73 Å². The largest absolute Gasteiger partial charge is 0.465 e. The topological polar surface area (TPSA) is 76.2 Å². The summed E-state index contributed by atoms with van der Waals surface area (Å²) >= 11 is 0. The average molecular weight is 194 g/mol. The van der Waals surface area contributed by atoms with Gasteiger partial charge in [-0.2, -0.15) is 0 Å². The van der Waals surface area contributed by atoms with Crippen molar-refractivity contribution < 1.29 is 11.0 Å². The maximum Gasteiger partial charge on any atom is 0.337 e. The van der Waals surface area contributed by atoms with Crippen LogP contribution in [0, 0.1) is 5.41 Å². The smallest absolute Gasteiger partial charge is 0.337 e. The third-order valence-corrected chi connectivity index (χ3v) is 1.88.